The van der Waals surface area contributed by atoms with Crippen molar-refractivity contribution in [2.75, 3.05) is 0 Å². The maximum absolute atomic E-state index is 12.8. The quantitative estimate of drug-likeness (QED) is 0.694. The molecular formula is C19H21F3N4O2. The fourth-order valence-corrected chi connectivity index (χ4v) is 3.12. The molecule has 150 valence electrons. The first-order chi connectivity index (χ1) is 13.1. The second-order valence-electron chi connectivity index (χ2n) is 7.15. The van der Waals surface area contributed by atoms with Crippen molar-refractivity contribution in [1.29, 1.82) is 0 Å². The molecule has 28 heavy (non-hydrogen) atoms. The zero-order chi connectivity index (χ0) is 20.6. The number of nitrogens with one attached hydrogen (secondary N) is 1. The zero-order valence-corrected chi connectivity index (χ0v) is 15.7. The van der Waals surface area contributed by atoms with Crippen molar-refractivity contribution in [3.05, 3.63) is 57.3 Å². The van der Waals surface area contributed by atoms with Gasteiger partial charge >= 0.3 is 6.18 Å². The molecule has 0 aliphatic heterocycles. The fraction of sp³-hybridized carbons (Fsp3) is 0.421. The van der Waals surface area contributed by atoms with E-state index in [9.17, 15) is 23.1 Å². The standard InChI is InChI=1S/C19H21F3N4O2/c1-10(2)8-15-23-17-16(18(28)24-15)14(9-27)25-26(17)11(3)12-4-6-13(7-5-12)19(20,21)22/h4-7,10-11,27H,8-9H2,1-3H3,(H,23,24,28). The second kappa shape index (κ2) is 7.38. The highest BCUT2D eigenvalue weighted by atomic mass is 19.4. The van der Waals surface area contributed by atoms with Crippen LogP contribution in [0.4, 0.5) is 13.2 Å². The van der Waals surface area contributed by atoms with Crippen molar-refractivity contribution in [2.45, 2.75) is 46.0 Å². The van der Waals surface area contributed by atoms with Crippen LogP contribution in [0.5, 0.6) is 0 Å². The number of halogens is 3. The minimum absolute atomic E-state index is 0.179. The zero-order valence-electron chi connectivity index (χ0n) is 15.7. The molecule has 0 saturated heterocycles. The molecule has 9 heteroatoms. The SMILES string of the molecule is CC(C)Cc1nc2c(c(CO)nn2C(C)c2ccc(C(F)(F)F)cc2)c(=O)[nH]1. The normalized spacial score (nSPS) is 13.4. The van der Waals surface area contributed by atoms with Gasteiger partial charge in [0.2, 0.25) is 0 Å². The van der Waals surface area contributed by atoms with Crippen LogP contribution in [0.2, 0.25) is 0 Å². The Hall–Kier alpha value is -2.68. The molecule has 6 nitrogen and oxygen atoms in total. The summed E-state index contributed by atoms with van der Waals surface area (Å²) in [7, 11) is 0. The molecule has 1 atom stereocenters. The van der Waals surface area contributed by atoms with Gasteiger partial charge in [0.1, 0.15) is 16.9 Å². The molecule has 0 amide bonds. The van der Waals surface area contributed by atoms with E-state index in [4.69, 9.17) is 0 Å². The molecule has 3 aromatic rings. The molecule has 0 saturated carbocycles. The molecule has 0 radical (unpaired) electrons. The number of aliphatic hydroxyl groups is 1. The van der Waals surface area contributed by atoms with Gasteiger partial charge in [0, 0.05) is 6.42 Å². The van der Waals surface area contributed by atoms with E-state index in [-0.39, 0.29) is 17.0 Å². The fourth-order valence-electron chi connectivity index (χ4n) is 3.12. The predicted octanol–water partition coefficient (Wildman–Crippen LogP) is 3.44. The largest absolute Gasteiger partial charge is 0.416 e. The Bertz CT molecular complexity index is 1040. The summed E-state index contributed by atoms with van der Waals surface area (Å²) in [5.41, 5.74) is -0.0713. The number of aliphatic hydroxyl groups excluding tert-OH is 1. The lowest BCUT2D eigenvalue weighted by Crippen LogP contribution is -2.16. The predicted molar refractivity (Wildman–Crippen MR) is 97.9 cm³/mol. The monoisotopic (exact) mass is 394 g/mol. The van der Waals surface area contributed by atoms with Crippen molar-refractivity contribution in [3.8, 4) is 0 Å². The van der Waals surface area contributed by atoms with E-state index in [0.717, 1.165) is 12.1 Å². The van der Waals surface area contributed by atoms with E-state index < -0.39 is 29.9 Å². The molecule has 0 bridgehead atoms. The van der Waals surface area contributed by atoms with E-state index >= 15 is 0 Å². The molecule has 2 heterocycles. The lowest BCUT2D eigenvalue weighted by atomic mass is 10.1. The van der Waals surface area contributed by atoms with Crippen molar-refractivity contribution < 1.29 is 18.3 Å². The molecule has 0 fully saturated rings. The smallest absolute Gasteiger partial charge is 0.390 e. The Morgan fingerprint density at radius 1 is 1.18 bits per heavy atom. The number of benzene rings is 1. The van der Waals surface area contributed by atoms with E-state index in [1.807, 2.05) is 13.8 Å². The molecular weight excluding hydrogens is 373 g/mol. The van der Waals surface area contributed by atoms with E-state index in [1.54, 1.807) is 6.92 Å². The van der Waals surface area contributed by atoms with Gasteiger partial charge in [0.15, 0.2) is 5.65 Å². The van der Waals surface area contributed by atoms with E-state index in [1.165, 1.54) is 16.8 Å². The number of fused-ring (bicyclic) bond motifs is 1. The molecule has 0 aliphatic carbocycles. The first-order valence-corrected chi connectivity index (χ1v) is 8.90. The molecule has 1 aromatic carbocycles. The highest BCUT2D eigenvalue weighted by Crippen LogP contribution is 2.31. The number of H-pyrrole nitrogens is 1. The Labute approximate surface area is 159 Å². The third-order valence-electron chi connectivity index (χ3n) is 4.52. The average Bonchev–Trinajstić information content (AvgIpc) is 2.99. The summed E-state index contributed by atoms with van der Waals surface area (Å²) in [6.07, 6.45) is -3.86. The molecule has 0 aliphatic rings. The van der Waals surface area contributed by atoms with Gasteiger partial charge in [0.25, 0.3) is 5.56 Å². The Kier molecular flexibility index (Phi) is 5.29. The van der Waals surface area contributed by atoms with Gasteiger partial charge in [-0.25, -0.2) is 9.67 Å². The third kappa shape index (κ3) is 3.80. The van der Waals surface area contributed by atoms with Gasteiger partial charge in [-0.05, 0) is 30.5 Å². The van der Waals surface area contributed by atoms with Crippen LogP contribution in [-0.2, 0) is 19.2 Å². The average molecular weight is 394 g/mol. The maximum atomic E-state index is 12.8. The first-order valence-electron chi connectivity index (χ1n) is 8.90. The number of nitrogens with zero attached hydrogens (tertiary/aromatic N) is 3. The van der Waals surface area contributed by atoms with Crippen molar-refractivity contribution in [1.82, 2.24) is 19.7 Å². The number of hydrogen-bond donors (Lipinski definition) is 2. The van der Waals surface area contributed by atoms with Crippen molar-refractivity contribution in [2.24, 2.45) is 5.92 Å². The Morgan fingerprint density at radius 3 is 2.36 bits per heavy atom. The van der Waals surface area contributed by atoms with Gasteiger partial charge in [-0.2, -0.15) is 18.3 Å². The Morgan fingerprint density at radius 2 is 1.82 bits per heavy atom. The van der Waals surface area contributed by atoms with Gasteiger partial charge in [-0.3, -0.25) is 4.79 Å². The van der Waals surface area contributed by atoms with Crippen LogP contribution < -0.4 is 5.56 Å². The van der Waals surface area contributed by atoms with Crippen molar-refractivity contribution in [3.63, 3.8) is 0 Å². The number of hydrogen-bond acceptors (Lipinski definition) is 4. The maximum Gasteiger partial charge on any atom is 0.416 e. The summed E-state index contributed by atoms with van der Waals surface area (Å²) in [4.78, 5) is 19.7. The highest BCUT2D eigenvalue weighted by Gasteiger charge is 2.30. The molecule has 2 N–H and O–H groups in total. The van der Waals surface area contributed by atoms with Gasteiger partial charge in [0.05, 0.1) is 18.2 Å². The van der Waals surface area contributed by atoms with E-state index in [0.29, 0.717) is 23.5 Å². The van der Waals surface area contributed by atoms with Gasteiger partial charge in [-0.1, -0.05) is 26.0 Å². The summed E-state index contributed by atoms with van der Waals surface area (Å²) in [6.45, 7) is 5.29. The highest BCUT2D eigenvalue weighted by molar-refractivity contribution is 5.77. The number of alkyl halides is 3. The van der Waals surface area contributed by atoms with Crippen LogP contribution in [0, 0.1) is 5.92 Å². The van der Waals surface area contributed by atoms with Crippen LogP contribution in [0.25, 0.3) is 11.0 Å². The first kappa shape index (κ1) is 20.1. The van der Waals surface area contributed by atoms with Gasteiger partial charge < -0.3 is 10.1 Å². The summed E-state index contributed by atoms with van der Waals surface area (Å²) < 4.78 is 39.9. The van der Waals surface area contributed by atoms with Crippen LogP contribution in [0.15, 0.2) is 29.1 Å². The summed E-state index contributed by atoms with van der Waals surface area (Å²) in [5.74, 6) is 0.763. The molecule has 0 spiro atoms. The molecule has 1 unspecified atom stereocenters. The number of aromatic amines is 1. The van der Waals surface area contributed by atoms with Crippen LogP contribution in [0.1, 0.15) is 49.5 Å². The van der Waals surface area contributed by atoms with Crippen LogP contribution in [0.3, 0.4) is 0 Å². The van der Waals surface area contributed by atoms with Crippen LogP contribution in [-0.4, -0.2) is 24.9 Å². The Balaban J connectivity index is 2.10. The molecule has 2 aromatic heterocycles. The van der Waals surface area contributed by atoms with Crippen molar-refractivity contribution >= 4 is 11.0 Å². The minimum atomic E-state index is -4.41. The lowest BCUT2D eigenvalue weighted by molar-refractivity contribution is -0.137. The lowest BCUT2D eigenvalue weighted by Gasteiger charge is -2.15. The summed E-state index contributed by atoms with van der Waals surface area (Å²) >= 11 is 0. The second-order valence-corrected chi connectivity index (χ2v) is 7.15. The number of aromatic nitrogens is 4. The molecule has 3 rings (SSSR count). The summed E-state index contributed by atoms with van der Waals surface area (Å²) in [5, 5.41) is 14.1. The number of rotatable bonds is 5. The third-order valence-corrected chi connectivity index (χ3v) is 4.52. The van der Waals surface area contributed by atoms with Gasteiger partial charge in [-0.15, -0.1) is 0 Å². The van der Waals surface area contributed by atoms with Crippen LogP contribution >= 0.6 is 0 Å². The minimum Gasteiger partial charge on any atom is -0.390 e. The topological polar surface area (TPSA) is 83.8 Å². The summed E-state index contributed by atoms with van der Waals surface area (Å²) in [6, 6.07) is 4.29. The van der Waals surface area contributed by atoms with E-state index in [2.05, 4.69) is 15.1 Å².